The molecule has 188 valence electrons. The molecule has 10 heteroatoms. The lowest BCUT2D eigenvalue weighted by Gasteiger charge is -2.15. The van der Waals surface area contributed by atoms with E-state index in [4.69, 9.17) is 4.74 Å². The fourth-order valence-electron chi connectivity index (χ4n) is 3.33. The number of anilines is 1. The summed E-state index contributed by atoms with van der Waals surface area (Å²) in [7, 11) is 1.69. The van der Waals surface area contributed by atoms with Gasteiger partial charge in [-0.05, 0) is 67.6 Å². The molecule has 1 amide bonds. The third-order valence-electron chi connectivity index (χ3n) is 4.91. The van der Waals surface area contributed by atoms with E-state index in [-0.39, 0.29) is 11.3 Å². The Morgan fingerprint density at radius 1 is 1.14 bits per heavy atom. The number of aryl methyl sites for hydroxylation is 2. The van der Waals surface area contributed by atoms with Crippen LogP contribution >= 0.6 is 23.3 Å². The number of carbonyl (C=O) groups excluding carboxylic acids is 1. The van der Waals surface area contributed by atoms with Gasteiger partial charge in [0.1, 0.15) is 16.3 Å². The van der Waals surface area contributed by atoms with E-state index in [0.29, 0.717) is 22.4 Å². The minimum atomic E-state index is -0.799. The number of aromatic nitrogens is 1. The van der Waals surface area contributed by atoms with E-state index in [0.717, 1.165) is 40.2 Å². The van der Waals surface area contributed by atoms with Crippen molar-refractivity contribution in [1.82, 2.24) is 9.88 Å². The van der Waals surface area contributed by atoms with Crippen molar-refractivity contribution in [3.05, 3.63) is 87.5 Å². The van der Waals surface area contributed by atoms with Crippen LogP contribution in [0.15, 0.2) is 65.4 Å². The van der Waals surface area contributed by atoms with Crippen LogP contribution in [-0.4, -0.2) is 17.5 Å². The van der Waals surface area contributed by atoms with Gasteiger partial charge < -0.3 is 19.3 Å². The molecule has 4 aromatic rings. The van der Waals surface area contributed by atoms with E-state index in [2.05, 4.69) is 16.6 Å². The third-order valence-corrected chi connectivity index (χ3v) is 6.47. The van der Waals surface area contributed by atoms with Crippen LogP contribution in [0.3, 0.4) is 0 Å². The maximum atomic E-state index is 14.3. The van der Waals surface area contributed by atoms with Crippen molar-refractivity contribution in [2.45, 2.75) is 13.8 Å². The van der Waals surface area contributed by atoms with Crippen LogP contribution in [0.5, 0.6) is 11.5 Å². The molecular formula is C26H25F2N3O3S2. The molecule has 36 heavy (non-hydrogen) atoms. The first-order valence-corrected chi connectivity index (χ1v) is 12.5. The third kappa shape index (κ3) is 6.32. The molecule has 0 unspecified atom stereocenters. The Bertz CT molecular complexity index is 1450. The zero-order chi connectivity index (χ0) is 26.2. The topological polar surface area (TPSA) is 72.4 Å². The first-order valence-electron chi connectivity index (χ1n) is 10.9. The smallest absolute Gasteiger partial charge is 0.268 e. The van der Waals surface area contributed by atoms with Crippen molar-refractivity contribution in [2.24, 2.45) is 7.05 Å². The van der Waals surface area contributed by atoms with Crippen LogP contribution < -0.4 is 20.3 Å². The number of hydrogen-bond acceptors (Lipinski definition) is 6. The normalized spacial score (nSPS) is 10.4. The van der Waals surface area contributed by atoms with E-state index in [9.17, 15) is 18.4 Å². The molecule has 0 saturated heterocycles. The monoisotopic (exact) mass is 529 g/mol. The van der Waals surface area contributed by atoms with Crippen LogP contribution in [0.25, 0.3) is 21.2 Å². The highest BCUT2D eigenvalue weighted by molar-refractivity contribution is 8.03. The van der Waals surface area contributed by atoms with Gasteiger partial charge in [-0.1, -0.05) is 6.58 Å². The maximum Gasteiger partial charge on any atom is 0.268 e. The number of hydrogen-bond donors (Lipinski definition) is 2. The molecular weight excluding hydrogens is 504 g/mol. The number of carbonyl (C=O) groups is 1. The van der Waals surface area contributed by atoms with E-state index in [1.807, 2.05) is 26.0 Å². The van der Waals surface area contributed by atoms with Gasteiger partial charge in [0.2, 0.25) is 6.41 Å². The zero-order valence-corrected chi connectivity index (χ0v) is 21.6. The molecule has 2 aromatic carbocycles. The predicted octanol–water partition coefficient (Wildman–Crippen LogP) is 6.60. The number of nitrogens with one attached hydrogen (secondary N) is 2. The summed E-state index contributed by atoms with van der Waals surface area (Å²) in [5.41, 5.74) is 2.13. The average molecular weight is 530 g/mol. The molecule has 0 bridgehead atoms. The molecule has 0 atom stereocenters. The average Bonchev–Trinajstić information content (AvgIpc) is 3.25. The summed E-state index contributed by atoms with van der Waals surface area (Å²) in [5.74, 6) is -1.19. The molecule has 0 aliphatic carbocycles. The van der Waals surface area contributed by atoms with Crippen molar-refractivity contribution >= 4 is 45.5 Å². The second-order valence-electron chi connectivity index (χ2n) is 7.51. The maximum absolute atomic E-state index is 14.3. The van der Waals surface area contributed by atoms with Gasteiger partial charge in [0.05, 0.1) is 0 Å². The van der Waals surface area contributed by atoms with Gasteiger partial charge in [-0.15, -0.1) is 11.3 Å². The first kappa shape index (κ1) is 27.0. The van der Waals surface area contributed by atoms with Crippen LogP contribution in [0, 0.1) is 18.6 Å². The summed E-state index contributed by atoms with van der Waals surface area (Å²) < 4.78 is 38.7. The summed E-state index contributed by atoms with van der Waals surface area (Å²) in [6.45, 7) is 8.22. The molecule has 6 nitrogen and oxygen atoms in total. The largest absolute Gasteiger partial charge is 0.454 e. The summed E-state index contributed by atoms with van der Waals surface area (Å²) in [5, 5.41) is 4.88. The molecule has 0 radical (unpaired) electrons. The Balaban J connectivity index is 0.000000658. The number of thiophene rings is 1. The zero-order valence-electron chi connectivity index (χ0n) is 19.9. The number of fused-ring (bicyclic) bond motifs is 1. The lowest BCUT2D eigenvalue weighted by molar-refractivity contribution is -0.109. The standard InChI is InChI=1S/C23H18F2N2O2S2.C3H7NO/c1-4-30-26-15-6-8-20(29-21-7-5-14(24)10-19(21)25)16(11-15)18-12-27(3)23(28)22-17(18)9-13(2)31-22;1-2-4-3-5/h4-12,26H,1H2,2-3H3;3H,2H2,1H3,(H,4,5). The molecule has 0 aliphatic rings. The lowest BCUT2D eigenvalue weighted by Crippen LogP contribution is -2.15. The summed E-state index contributed by atoms with van der Waals surface area (Å²) in [6, 6.07) is 10.5. The number of pyridine rings is 1. The quantitative estimate of drug-likeness (QED) is 0.199. The Kier molecular flexibility index (Phi) is 9.26. The van der Waals surface area contributed by atoms with Gasteiger partial charge in [0.25, 0.3) is 5.56 Å². The second kappa shape index (κ2) is 12.4. The SMILES string of the molecule is C=CSNc1ccc(Oc2ccc(F)cc2F)c(-c2cn(C)c(=O)c3sc(C)cc23)c1.CCNC=O. The summed E-state index contributed by atoms with van der Waals surface area (Å²) >= 11 is 2.74. The van der Waals surface area contributed by atoms with Gasteiger partial charge >= 0.3 is 0 Å². The first-order chi connectivity index (χ1) is 17.3. The number of nitrogens with zero attached hydrogens (tertiary/aromatic N) is 1. The minimum absolute atomic E-state index is 0.0830. The van der Waals surface area contributed by atoms with Crippen molar-refractivity contribution in [2.75, 3.05) is 11.3 Å². The van der Waals surface area contributed by atoms with Crippen LogP contribution in [0.2, 0.25) is 0 Å². The molecule has 4 rings (SSSR count). The highest BCUT2D eigenvalue weighted by atomic mass is 32.2. The van der Waals surface area contributed by atoms with Crippen LogP contribution in [0.4, 0.5) is 14.5 Å². The molecule has 0 spiro atoms. The van der Waals surface area contributed by atoms with Gasteiger partial charge in [-0.3, -0.25) is 9.59 Å². The Hall–Kier alpha value is -3.63. The predicted molar refractivity (Wildman–Crippen MR) is 145 cm³/mol. The summed E-state index contributed by atoms with van der Waals surface area (Å²) in [6.07, 6.45) is 2.42. The van der Waals surface area contributed by atoms with E-state index in [1.165, 1.54) is 33.9 Å². The number of amides is 1. The van der Waals surface area contributed by atoms with Crippen LogP contribution in [0.1, 0.15) is 11.8 Å². The van der Waals surface area contributed by atoms with Crippen molar-refractivity contribution in [3.8, 4) is 22.6 Å². The molecule has 2 heterocycles. The number of benzene rings is 2. The van der Waals surface area contributed by atoms with Crippen molar-refractivity contribution < 1.29 is 18.3 Å². The number of halogens is 2. The van der Waals surface area contributed by atoms with Crippen molar-refractivity contribution in [3.63, 3.8) is 0 Å². The number of rotatable bonds is 8. The molecule has 2 aromatic heterocycles. The second-order valence-corrected chi connectivity index (χ2v) is 9.54. The van der Waals surface area contributed by atoms with E-state index < -0.39 is 11.6 Å². The number of ether oxygens (including phenoxy) is 1. The fourth-order valence-corrected chi connectivity index (χ4v) is 4.69. The van der Waals surface area contributed by atoms with Gasteiger partial charge in [0, 0.05) is 52.9 Å². The van der Waals surface area contributed by atoms with E-state index >= 15 is 0 Å². The molecule has 2 N–H and O–H groups in total. The molecule has 0 saturated carbocycles. The van der Waals surface area contributed by atoms with Gasteiger partial charge in [-0.2, -0.15) is 0 Å². The lowest BCUT2D eigenvalue weighted by atomic mass is 10.0. The Labute approximate surface area is 215 Å². The highest BCUT2D eigenvalue weighted by Gasteiger charge is 2.17. The van der Waals surface area contributed by atoms with Gasteiger partial charge in [-0.25, -0.2) is 8.78 Å². The minimum Gasteiger partial charge on any atom is -0.454 e. The Morgan fingerprint density at radius 2 is 1.89 bits per heavy atom. The highest BCUT2D eigenvalue weighted by Crippen LogP contribution is 2.40. The molecule has 0 fully saturated rings. The van der Waals surface area contributed by atoms with Gasteiger partial charge in [0.15, 0.2) is 11.6 Å². The molecule has 0 aliphatic heterocycles. The van der Waals surface area contributed by atoms with Crippen molar-refractivity contribution in [1.29, 1.82) is 0 Å². The van der Waals surface area contributed by atoms with E-state index in [1.54, 1.807) is 30.8 Å². The fraction of sp³-hybridized carbons (Fsp3) is 0.154. The Morgan fingerprint density at radius 3 is 2.53 bits per heavy atom. The summed E-state index contributed by atoms with van der Waals surface area (Å²) in [4.78, 5) is 22.9. The van der Waals surface area contributed by atoms with Crippen LogP contribution in [-0.2, 0) is 11.8 Å².